The zero-order valence-corrected chi connectivity index (χ0v) is 11.0. The Morgan fingerprint density at radius 2 is 2.00 bits per heavy atom. The topological polar surface area (TPSA) is 69.2 Å². The predicted molar refractivity (Wildman–Crippen MR) is 71.8 cm³/mol. The molecule has 1 aromatic rings. The fourth-order valence-corrected chi connectivity index (χ4v) is 1.62. The number of aromatic nitrogens is 1. The molecule has 0 spiro atoms. The van der Waals surface area contributed by atoms with Crippen LogP contribution in [0.5, 0.6) is 0 Å². The number of likely N-dealkylation sites (N-methyl/N-ethyl adjacent to an activating group) is 2. The van der Waals surface area contributed by atoms with E-state index in [1.165, 1.54) is 0 Å². The van der Waals surface area contributed by atoms with Gasteiger partial charge >= 0.3 is 0 Å². The molecule has 0 atom stereocenters. The third-order valence-electron chi connectivity index (χ3n) is 2.65. The standard InChI is InChI=1S/C12H21N5/c1-9-5-6-15-12(10(9)11(13)14)17(4)8-7-16(2)3/h5-6H,7-8H2,1-4H3,(H3,13,14). The number of nitrogens with zero attached hydrogens (tertiary/aromatic N) is 3. The summed E-state index contributed by atoms with van der Waals surface area (Å²) >= 11 is 0. The van der Waals surface area contributed by atoms with Gasteiger partial charge < -0.3 is 15.5 Å². The quantitative estimate of drug-likeness (QED) is 0.581. The molecule has 1 aromatic heterocycles. The van der Waals surface area contributed by atoms with Crippen LogP contribution >= 0.6 is 0 Å². The van der Waals surface area contributed by atoms with Crippen LogP contribution in [0.25, 0.3) is 0 Å². The summed E-state index contributed by atoms with van der Waals surface area (Å²) in [5.41, 5.74) is 7.33. The Balaban J connectivity index is 2.96. The minimum absolute atomic E-state index is 0.0716. The molecule has 0 saturated carbocycles. The zero-order chi connectivity index (χ0) is 13.0. The molecule has 0 radical (unpaired) electrons. The summed E-state index contributed by atoms with van der Waals surface area (Å²) in [6.45, 7) is 3.73. The van der Waals surface area contributed by atoms with Gasteiger partial charge in [-0.3, -0.25) is 5.41 Å². The lowest BCUT2D eigenvalue weighted by Gasteiger charge is -2.23. The summed E-state index contributed by atoms with van der Waals surface area (Å²) in [7, 11) is 6.03. The minimum Gasteiger partial charge on any atom is -0.384 e. The molecule has 5 nitrogen and oxygen atoms in total. The maximum absolute atomic E-state index is 7.63. The van der Waals surface area contributed by atoms with Gasteiger partial charge in [0.1, 0.15) is 11.7 Å². The highest BCUT2D eigenvalue weighted by molar-refractivity contribution is 6.00. The fraction of sp³-hybridized carbons (Fsp3) is 0.500. The summed E-state index contributed by atoms with van der Waals surface area (Å²) in [5, 5.41) is 7.63. The van der Waals surface area contributed by atoms with Gasteiger partial charge in [0, 0.05) is 26.3 Å². The van der Waals surface area contributed by atoms with Crippen molar-refractivity contribution in [3.05, 3.63) is 23.4 Å². The molecule has 0 unspecified atom stereocenters. The van der Waals surface area contributed by atoms with Crippen LogP contribution in [0.3, 0.4) is 0 Å². The second-order valence-corrected chi connectivity index (χ2v) is 4.46. The van der Waals surface area contributed by atoms with Crippen molar-refractivity contribution >= 4 is 11.7 Å². The summed E-state index contributed by atoms with van der Waals surface area (Å²) in [4.78, 5) is 8.47. The molecule has 1 heterocycles. The lowest BCUT2D eigenvalue weighted by atomic mass is 10.1. The molecular formula is C12H21N5. The molecule has 94 valence electrons. The van der Waals surface area contributed by atoms with E-state index >= 15 is 0 Å². The number of nitrogens with two attached hydrogens (primary N) is 1. The second-order valence-electron chi connectivity index (χ2n) is 4.46. The number of nitrogen functional groups attached to an aromatic ring is 1. The average molecular weight is 235 g/mol. The van der Waals surface area contributed by atoms with Crippen LogP contribution in [-0.4, -0.2) is 50.0 Å². The molecule has 0 aliphatic heterocycles. The first kappa shape index (κ1) is 13.4. The van der Waals surface area contributed by atoms with E-state index in [0.29, 0.717) is 0 Å². The third kappa shape index (κ3) is 3.42. The van der Waals surface area contributed by atoms with Crippen LogP contribution in [0, 0.1) is 12.3 Å². The Hall–Kier alpha value is -1.62. The van der Waals surface area contributed by atoms with Gasteiger partial charge in [-0.2, -0.15) is 0 Å². The molecule has 0 aliphatic rings. The maximum Gasteiger partial charge on any atom is 0.139 e. The van der Waals surface area contributed by atoms with Gasteiger partial charge in [0.2, 0.25) is 0 Å². The lowest BCUT2D eigenvalue weighted by molar-refractivity contribution is 0.416. The number of rotatable bonds is 5. The van der Waals surface area contributed by atoms with Crippen LogP contribution in [0.4, 0.5) is 5.82 Å². The van der Waals surface area contributed by atoms with Crippen molar-refractivity contribution in [2.45, 2.75) is 6.92 Å². The van der Waals surface area contributed by atoms with Crippen LogP contribution in [0.15, 0.2) is 12.3 Å². The Morgan fingerprint density at radius 3 is 2.53 bits per heavy atom. The van der Waals surface area contributed by atoms with Crippen LogP contribution < -0.4 is 10.6 Å². The number of hydrogen-bond donors (Lipinski definition) is 2. The molecule has 0 fully saturated rings. The van der Waals surface area contributed by atoms with Crippen molar-refractivity contribution < 1.29 is 0 Å². The van der Waals surface area contributed by atoms with E-state index in [1.807, 2.05) is 39.0 Å². The highest BCUT2D eigenvalue weighted by Gasteiger charge is 2.13. The summed E-state index contributed by atoms with van der Waals surface area (Å²) < 4.78 is 0. The van der Waals surface area contributed by atoms with Crippen molar-refractivity contribution in [1.82, 2.24) is 9.88 Å². The van der Waals surface area contributed by atoms with Gasteiger partial charge in [0.25, 0.3) is 0 Å². The lowest BCUT2D eigenvalue weighted by Crippen LogP contribution is -2.31. The SMILES string of the molecule is Cc1ccnc(N(C)CCN(C)C)c1C(=N)N. The summed E-state index contributed by atoms with van der Waals surface area (Å²) in [5.74, 6) is 0.849. The molecule has 5 heteroatoms. The number of anilines is 1. The fourth-order valence-electron chi connectivity index (χ4n) is 1.62. The molecule has 17 heavy (non-hydrogen) atoms. The smallest absolute Gasteiger partial charge is 0.139 e. The number of hydrogen-bond acceptors (Lipinski definition) is 4. The number of aryl methyl sites for hydroxylation is 1. The van der Waals surface area contributed by atoms with E-state index in [1.54, 1.807) is 6.20 Å². The number of nitrogens with one attached hydrogen (secondary N) is 1. The number of amidine groups is 1. The molecule has 0 amide bonds. The first-order valence-corrected chi connectivity index (χ1v) is 5.59. The van der Waals surface area contributed by atoms with Gasteiger partial charge in [0.15, 0.2) is 0 Å². The van der Waals surface area contributed by atoms with E-state index in [0.717, 1.165) is 30.0 Å². The second kappa shape index (κ2) is 5.63. The van der Waals surface area contributed by atoms with Crippen LogP contribution in [0.1, 0.15) is 11.1 Å². The van der Waals surface area contributed by atoms with Crippen LogP contribution in [-0.2, 0) is 0 Å². The first-order chi connectivity index (χ1) is 7.93. The number of pyridine rings is 1. The van der Waals surface area contributed by atoms with Crippen molar-refractivity contribution in [1.29, 1.82) is 5.41 Å². The summed E-state index contributed by atoms with van der Waals surface area (Å²) in [6.07, 6.45) is 1.75. The van der Waals surface area contributed by atoms with Crippen molar-refractivity contribution in [3.8, 4) is 0 Å². The van der Waals surface area contributed by atoms with Gasteiger partial charge in [-0.25, -0.2) is 4.98 Å². The normalized spacial score (nSPS) is 10.6. The van der Waals surface area contributed by atoms with Gasteiger partial charge in [-0.1, -0.05) is 0 Å². The maximum atomic E-state index is 7.63. The molecule has 1 rings (SSSR count). The van der Waals surface area contributed by atoms with E-state index in [-0.39, 0.29) is 5.84 Å². The van der Waals surface area contributed by atoms with E-state index < -0.39 is 0 Å². The van der Waals surface area contributed by atoms with Crippen LogP contribution in [0.2, 0.25) is 0 Å². The van der Waals surface area contributed by atoms with Gasteiger partial charge in [-0.15, -0.1) is 0 Å². The zero-order valence-electron chi connectivity index (χ0n) is 11.0. The molecule has 0 bridgehead atoms. The molecular weight excluding hydrogens is 214 g/mol. The highest BCUT2D eigenvalue weighted by atomic mass is 15.2. The van der Waals surface area contributed by atoms with Crippen molar-refractivity contribution in [2.75, 3.05) is 39.1 Å². The Morgan fingerprint density at radius 1 is 1.35 bits per heavy atom. The van der Waals surface area contributed by atoms with Gasteiger partial charge in [0.05, 0.1) is 5.56 Å². The summed E-state index contributed by atoms with van der Waals surface area (Å²) in [6, 6.07) is 1.88. The molecule has 0 aliphatic carbocycles. The molecule has 0 saturated heterocycles. The van der Waals surface area contributed by atoms with E-state index in [9.17, 15) is 0 Å². The Kier molecular flexibility index (Phi) is 4.45. The largest absolute Gasteiger partial charge is 0.384 e. The average Bonchev–Trinajstić information content (AvgIpc) is 2.24. The monoisotopic (exact) mass is 235 g/mol. The predicted octanol–water partition coefficient (Wildman–Crippen LogP) is 0.672. The molecule has 0 aromatic carbocycles. The van der Waals surface area contributed by atoms with E-state index in [4.69, 9.17) is 11.1 Å². The highest BCUT2D eigenvalue weighted by Crippen LogP contribution is 2.18. The first-order valence-electron chi connectivity index (χ1n) is 5.59. The van der Waals surface area contributed by atoms with Crippen molar-refractivity contribution in [2.24, 2.45) is 5.73 Å². The Labute approximate surface area is 103 Å². The van der Waals surface area contributed by atoms with Crippen molar-refractivity contribution in [3.63, 3.8) is 0 Å². The van der Waals surface area contributed by atoms with Gasteiger partial charge in [-0.05, 0) is 32.6 Å². The molecule has 3 N–H and O–H groups in total. The minimum atomic E-state index is 0.0716. The third-order valence-corrected chi connectivity index (χ3v) is 2.65. The van der Waals surface area contributed by atoms with E-state index in [2.05, 4.69) is 9.88 Å². The Bertz CT molecular complexity index is 400.